The number of alkyl halides is 2. The molecule has 1 aromatic carbocycles. The molecular formula is C16H17F2N3O3. The third-order valence-corrected chi connectivity index (χ3v) is 3.61. The lowest BCUT2D eigenvalue weighted by atomic mass is 10.2. The van der Waals surface area contributed by atoms with Gasteiger partial charge in [0.15, 0.2) is 11.5 Å². The molecule has 0 saturated heterocycles. The third kappa shape index (κ3) is 3.17. The molecule has 2 heterocycles. The Labute approximate surface area is 137 Å². The van der Waals surface area contributed by atoms with Crippen LogP contribution in [0.15, 0.2) is 24.4 Å². The lowest BCUT2D eigenvalue weighted by molar-refractivity contribution is -0.286. The molecule has 0 bridgehead atoms. The van der Waals surface area contributed by atoms with Crippen molar-refractivity contribution in [3.63, 3.8) is 0 Å². The minimum atomic E-state index is -3.65. The van der Waals surface area contributed by atoms with Crippen LogP contribution in [0.1, 0.15) is 41.5 Å². The average molecular weight is 337 g/mol. The van der Waals surface area contributed by atoms with Crippen LogP contribution in [-0.2, 0) is 6.54 Å². The molecule has 1 amide bonds. The standard InChI is InChI=1S/C16H17F2N3O3/c1-9(2)21-8-12(10(3)20-21)15(22)19-7-11-4-5-13-14(6-11)24-16(17,18)23-13/h4-6,8-9H,7H2,1-3H3,(H,19,22). The van der Waals surface area contributed by atoms with Gasteiger partial charge in [0, 0.05) is 18.8 Å². The predicted molar refractivity (Wildman–Crippen MR) is 81.2 cm³/mol. The molecule has 2 aromatic rings. The summed E-state index contributed by atoms with van der Waals surface area (Å²) < 4.78 is 36.4. The number of nitrogens with zero attached hydrogens (tertiary/aromatic N) is 2. The second kappa shape index (κ2) is 5.77. The molecule has 8 heteroatoms. The van der Waals surface area contributed by atoms with Crippen molar-refractivity contribution in [2.24, 2.45) is 0 Å². The monoisotopic (exact) mass is 337 g/mol. The first kappa shape index (κ1) is 16.2. The van der Waals surface area contributed by atoms with Crippen molar-refractivity contribution in [1.82, 2.24) is 15.1 Å². The number of hydrogen-bond donors (Lipinski definition) is 1. The Kier molecular flexibility index (Phi) is 3.90. The van der Waals surface area contributed by atoms with Crippen molar-refractivity contribution in [3.05, 3.63) is 41.2 Å². The Morgan fingerprint density at radius 1 is 1.33 bits per heavy atom. The van der Waals surface area contributed by atoms with Crippen LogP contribution in [0, 0.1) is 6.92 Å². The Hall–Kier alpha value is -2.64. The molecule has 0 saturated carbocycles. The molecule has 0 atom stereocenters. The highest BCUT2D eigenvalue weighted by Gasteiger charge is 2.43. The van der Waals surface area contributed by atoms with Crippen molar-refractivity contribution >= 4 is 5.91 Å². The smallest absolute Gasteiger partial charge is 0.395 e. The van der Waals surface area contributed by atoms with Crippen molar-refractivity contribution in [3.8, 4) is 11.5 Å². The lowest BCUT2D eigenvalue weighted by Crippen LogP contribution is -2.26. The molecule has 0 spiro atoms. The summed E-state index contributed by atoms with van der Waals surface area (Å²) in [6.07, 6.45) is -1.96. The maximum Gasteiger partial charge on any atom is 0.586 e. The van der Waals surface area contributed by atoms with Gasteiger partial charge in [-0.15, -0.1) is 8.78 Å². The number of halogens is 2. The third-order valence-electron chi connectivity index (χ3n) is 3.61. The van der Waals surface area contributed by atoms with Crippen molar-refractivity contribution in [2.45, 2.75) is 39.7 Å². The number of amides is 1. The summed E-state index contributed by atoms with van der Waals surface area (Å²) in [6, 6.07) is 4.55. The Morgan fingerprint density at radius 3 is 2.71 bits per heavy atom. The van der Waals surface area contributed by atoms with Gasteiger partial charge in [-0.1, -0.05) is 6.07 Å². The molecule has 0 radical (unpaired) electrons. The van der Waals surface area contributed by atoms with Gasteiger partial charge in [0.1, 0.15) is 0 Å². The number of rotatable bonds is 4. The Morgan fingerprint density at radius 2 is 2.04 bits per heavy atom. The Bertz CT molecular complexity index is 787. The minimum Gasteiger partial charge on any atom is -0.395 e. The number of aromatic nitrogens is 2. The highest BCUT2D eigenvalue weighted by atomic mass is 19.3. The predicted octanol–water partition coefficient (Wildman–Crippen LogP) is 3.02. The van der Waals surface area contributed by atoms with E-state index >= 15 is 0 Å². The van der Waals surface area contributed by atoms with Crippen LogP contribution >= 0.6 is 0 Å². The normalized spacial score (nSPS) is 14.9. The minimum absolute atomic E-state index is 0.0240. The van der Waals surface area contributed by atoms with E-state index in [4.69, 9.17) is 0 Å². The van der Waals surface area contributed by atoms with Crippen LogP contribution in [0.25, 0.3) is 0 Å². The summed E-state index contributed by atoms with van der Waals surface area (Å²) in [5, 5.41) is 7.03. The van der Waals surface area contributed by atoms with Crippen LogP contribution in [0.4, 0.5) is 8.78 Å². The largest absolute Gasteiger partial charge is 0.586 e. The molecule has 3 rings (SSSR count). The van der Waals surface area contributed by atoms with Crippen molar-refractivity contribution in [2.75, 3.05) is 0 Å². The number of carbonyl (C=O) groups excluding carboxylic acids is 1. The first-order chi connectivity index (χ1) is 11.2. The second-order valence-corrected chi connectivity index (χ2v) is 5.83. The van der Waals surface area contributed by atoms with E-state index in [0.717, 1.165) is 0 Å². The SMILES string of the molecule is Cc1nn(C(C)C)cc1C(=O)NCc1ccc2c(c1)OC(F)(F)O2. The van der Waals surface area contributed by atoms with Gasteiger partial charge in [0.2, 0.25) is 0 Å². The molecular weight excluding hydrogens is 320 g/mol. The maximum atomic E-state index is 13.0. The molecule has 1 aliphatic heterocycles. The van der Waals surface area contributed by atoms with Gasteiger partial charge in [-0.25, -0.2) is 0 Å². The summed E-state index contributed by atoms with van der Waals surface area (Å²) in [5.74, 6) is -0.345. The van der Waals surface area contributed by atoms with Crippen LogP contribution in [0.5, 0.6) is 11.5 Å². The highest BCUT2D eigenvalue weighted by Crippen LogP contribution is 2.41. The molecule has 128 valence electrons. The second-order valence-electron chi connectivity index (χ2n) is 5.83. The molecule has 1 aromatic heterocycles. The molecule has 6 nitrogen and oxygen atoms in total. The van der Waals surface area contributed by atoms with E-state index in [1.807, 2.05) is 13.8 Å². The van der Waals surface area contributed by atoms with Crippen LogP contribution in [-0.4, -0.2) is 22.0 Å². The van der Waals surface area contributed by atoms with E-state index < -0.39 is 6.29 Å². The molecule has 24 heavy (non-hydrogen) atoms. The molecule has 0 aliphatic carbocycles. The van der Waals surface area contributed by atoms with Crippen LogP contribution < -0.4 is 14.8 Å². The van der Waals surface area contributed by atoms with Crippen molar-refractivity contribution in [1.29, 1.82) is 0 Å². The summed E-state index contributed by atoms with van der Waals surface area (Å²) in [4.78, 5) is 12.3. The fourth-order valence-electron chi connectivity index (χ4n) is 2.35. The number of carbonyl (C=O) groups is 1. The number of hydrogen-bond acceptors (Lipinski definition) is 4. The van der Waals surface area contributed by atoms with Gasteiger partial charge in [-0.05, 0) is 38.5 Å². The fourth-order valence-corrected chi connectivity index (χ4v) is 2.35. The van der Waals surface area contributed by atoms with Crippen molar-refractivity contribution < 1.29 is 23.0 Å². The molecule has 0 fully saturated rings. The number of aryl methyl sites for hydroxylation is 1. The van der Waals surface area contributed by atoms with E-state index in [1.54, 1.807) is 23.9 Å². The average Bonchev–Trinajstić information content (AvgIpc) is 3.02. The first-order valence-electron chi connectivity index (χ1n) is 7.48. The van der Waals surface area contributed by atoms with Crippen LogP contribution in [0.2, 0.25) is 0 Å². The summed E-state index contributed by atoms with van der Waals surface area (Å²) in [5.41, 5.74) is 1.74. The van der Waals surface area contributed by atoms with Gasteiger partial charge < -0.3 is 14.8 Å². The zero-order valence-electron chi connectivity index (χ0n) is 13.5. The Balaban J connectivity index is 1.67. The molecule has 1 N–H and O–H groups in total. The van der Waals surface area contributed by atoms with E-state index in [1.165, 1.54) is 12.1 Å². The number of benzene rings is 1. The molecule has 0 unspecified atom stereocenters. The summed E-state index contributed by atoms with van der Waals surface area (Å²) >= 11 is 0. The van der Waals surface area contributed by atoms with E-state index in [-0.39, 0.29) is 30.0 Å². The van der Waals surface area contributed by atoms with Gasteiger partial charge in [0.05, 0.1) is 11.3 Å². The highest BCUT2D eigenvalue weighted by molar-refractivity contribution is 5.94. The summed E-state index contributed by atoms with van der Waals surface area (Å²) in [7, 11) is 0. The summed E-state index contributed by atoms with van der Waals surface area (Å²) in [6.45, 7) is 5.87. The van der Waals surface area contributed by atoms with E-state index in [9.17, 15) is 13.6 Å². The zero-order chi connectivity index (χ0) is 17.5. The number of fused-ring (bicyclic) bond motifs is 1. The first-order valence-corrected chi connectivity index (χ1v) is 7.48. The molecule has 1 aliphatic rings. The van der Waals surface area contributed by atoms with Crippen LogP contribution in [0.3, 0.4) is 0 Å². The lowest BCUT2D eigenvalue weighted by Gasteiger charge is -2.06. The quantitative estimate of drug-likeness (QED) is 0.931. The number of ether oxygens (including phenoxy) is 2. The van der Waals surface area contributed by atoms with E-state index in [0.29, 0.717) is 16.8 Å². The number of nitrogens with one attached hydrogen (secondary N) is 1. The zero-order valence-corrected chi connectivity index (χ0v) is 13.5. The van der Waals surface area contributed by atoms with Gasteiger partial charge >= 0.3 is 6.29 Å². The van der Waals surface area contributed by atoms with Gasteiger partial charge in [0.25, 0.3) is 5.91 Å². The van der Waals surface area contributed by atoms with Gasteiger partial charge in [-0.2, -0.15) is 5.10 Å². The maximum absolute atomic E-state index is 13.0. The fraction of sp³-hybridized carbons (Fsp3) is 0.375. The topological polar surface area (TPSA) is 65.4 Å². The van der Waals surface area contributed by atoms with Gasteiger partial charge in [-0.3, -0.25) is 9.48 Å². The van der Waals surface area contributed by atoms with E-state index in [2.05, 4.69) is 19.9 Å².